The van der Waals surface area contributed by atoms with Crippen LogP contribution >= 0.6 is 0 Å². The minimum absolute atomic E-state index is 0.0770. The molecule has 1 aromatic heterocycles. The Kier molecular flexibility index (Phi) is 7.05. The van der Waals surface area contributed by atoms with Crippen LogP contribution in [0.2, 0.25) is 0 Å². The minimum atomic E-state index is 0.0770. The van der Waals surface area contributed by atoms with Crippen LogP contribution in [-0.2, 0) is 16.6 Å². The smallest absolute Gasteiger partial charge is 0.246 e. The number of ether oxygens (including phenoxy) is 1. The summed E-state index contributed by atoms with van der Waals surface area (Å²) in [5.74, 6) is 0.909. The van der Waals surface area contributed by atoms with E-state index in [0.717, 1.165) is 70.6 Å². The lowest BCUT2D eigenvalue weighted by Gasteiger charge is -2.35. The number of hydrogen-bond acceptors (Lipinski definition) is 5. The number of piperazine rings is 1. The van der Waals surface area contributed by atoms with E-state index in [1.165, 1.54) is 0 Å². The molecule has 9 nitrogen and oxygen atoms in total. The second-order valence-electron chi connectivity index (χ2n) is 6.88. The van der Waals surface area contributed by atoms with Gasteiger partial charge in [0.1, 0.15) is 6.54 Å². The molecular weight excluding hydrogens is 346 g/mol. The molecule has 3 rings (SSSR count). The van der Waals surface area contributed by atoms with Gasteiger partial charge in [0.25, 0.3) is 0 Å². The molecule has 0 spiro atoms. The molecule has 27 heavy (non-hydrogen) atoms. The van der Waals surface area contributed by atoms with E-state index in [0.29, 0.717) is 13.1 Å². The van der Waals surface area contributed by atoms with Crippen LogP contribution in [0.25, 0.3) is 0 Å². The van der Waals surface area contributed by atoms with Gasteiger partial charge in [-0.25, -0.2) is 0 Å². The number of aromatic nitrogens is 2. The fourth-order valence-corrected chi connectivity index (χ4v) is 3.40. The lowest BCUT2D eigenvalue weighted by Crippen LogP contribution is -2.55. The van der Waals surface area contributed by atoms with E-state index in [-0.39, 0.29) is 5.91 Å². The summed E-state index contributed by atoms with van der Waals surface area (Å²) in [4.78, 5) is 23.6. The van der Waals surface area contributed by atoms with Gasteiger partial charge < -0.3 is 19.9 Å². The first-order chi connectivity index (χ1) is 13.2. The highest BCUT2D eigenvalue weighted by molar-refractivity contribution is 5.98. The van der Waals surface area contributed by atoms with Crippen molar-refractivity contribution in [3.63, 3.8) is 0 Å². The van der Waals surface area contributed by atoms with Crippen LogP contribution in [0.15, 0.2) is 17.4 Å². The van der Waals surface area contributed by atoms with Crippen LogP contribution in [-0.4, -0.2) is 97.0 Å². The van der Waals surface area contributed by atoms with Crippen LogP contribution in [0.1, 0.15) is 13.3 Å². The molecule has 2 fully saturated rings. The maximum absolute atomic E-state index is 12.6. The van der Waals surface area contributed by atoms with Crippen molar-refractivity contribution in [1.29, 1.82) is 0 Å². The predicted octanol–water partition coefficient (Wildman–Crippen LogP) is -0.243. The predicted molar refractivity (Wildman–Crippen MR) is 105 cm³/mol. The molecule has 0 saturated carbocycles. The molecule has 2 aliphatic heterocycles. The van der Waals surface area contributed by atoms with Gasteiger partial charge in [0.15, 0.2) is 5.96 Å². The van der Waals surface area contributed by atoms with Crippen molar-refractivity contribution in [2.45, 2.75) is 13.3 Å². The lowest BCUT2D eigenvalue weighted by molar-refractivity contribution is -0.120. The number of anilines is 1. The molecule has 0 aliphatic carbocycles. The number of rotatable bonds is 6. The molecule has 0 atom stereocenters. The molecular formula is C18H31N7O2. The van der Waals surface area contributed by atoms with Crippen molar-refractivity contribution in [2.24, 2.45) is 12.0 Å². The summed E-state index contributed by atoms with van der Waals surface area (Å²) in [6.45, 7) is 10.1. The maximum atomic E-state index is 12.6. The van der Waals surface area contributed by atoms with Crippen LogP contribution in [0.5, 0.6) is 0 Å². The van der Waals surface area contributed by atoms with E-state index < -0.39 is 0 Å². The number of amides is 1. The van der Waals surface area contributed by atoms with Crippen molar-refractivity contribution in [3.8, 4) is 0 Å². The van der Waals surface area contributed by atoms with E-state index in [2.05, 4.69) is 22.2 Å². The van der Waals surface area contributed by atoms with Crippen molar-refractivity contribution in [1.82, 2.24) is 24.9 Å². The monoisotopic (exact) mass is 377 g/mol. The maximum Gasteiger partial charge on any atom is 0.246 e. The molecule has 9 heteroatoms. The summed E-state index contributed by atoms with van der Waals surface area (Å²) in [6.07, 6.45) is 4.62. The Balaban J connectivity index is 1.51. The van der Waals surface area contributed by atoms with Gasteiger partial charge in [-0.3, -0.25) is 19.4 Å². The van der Waals surface area contributed by atoms with E-state index >= 15 is 0 Å². The number of nitrogens with one attached hydrogen (secondary N) is 1. The van der Waals surface area contributed by atoms with Gasteiger partial charge in [-0.2, -0.15) is 5.10 Å². The second kappa shape index (κ2) is 9.70. The Hall–Kier alpha value is -2.13. The van der Waals surface area contributed by atoms with Gasteiger partial charge in [-0.1, -0.05) is 0 Å². The summed E-state index contributed by atoms with van der Waals surface area (Å²) in [5.41, 5.74) is 0.856. The van der Waals surface area contributed by atoms with Crippen molar-refractivity contribution in [2.75, 3.05) is 70.5 Å². The first-order valence-electron chi connectivity index (χ1n) is 9.79. The first-order valence-corrected chi connectivity index (χ1v) is 9.79. The van der Waals surface area contributed by atoms with Gasteiger partial charge in [0, 0.05) is 59.1 Å². The fourth-order valence-electron chi connectivity index (χ4n) is 3.40. The topological polar surface area (TPSA) is 78.2 Å². The van der Waals surface area contributed by atoms with Crippen LogP contribution in [0.4, 0.5) is 5.69 Å². The summed E-state index contributed by atoms with van der Waals surface area (Å²) < 4.78 is 7.10. The number of carbonyl (C=O) groups is 1. The largest absolute Gasteiger partial charge is 0.379 e. The molecule has 0 bridgehead atoms. The average Bonchev–Trinajstić information content (AvgIpc) is 3.11. The first kappa shape index (κ1) is 19.6. The van der Waals surface area contributed by atoms with Crippen molar-refractivity contribution >= 4 is 17.6 Å². The van der Waals surface area contributed by atoms with Gasteiger partial charge in [-0.05, 0) is 13.3 Å². The molecule has 2 saturated heterocycles. The van der Waals surface area contributed by atoms with E-state index in [1.807, 2.05) is 18.1 Å². The van der Waals surface area contributed by atoms with Gasteiger partial charge in [-0.15, -0.1) is 0 Å². The number of morpholine rings is 1. The number of carbonyl (C=O) groups excluding carboxylic acids is 1. The number of hydrogen-bond donors (Lipinski definition) is 1. The van der Waals surface area contributed by atoms with Gasteiger partial charge in [0.05, 0.1) is 25.1 Å². The number of guanidine groups is 1. The number of aryl methyl sites for hydroxylation is 1. The van der Waals surface area contributed by atoms with E-state index in [1.54, 1.807) is 15.8 Å². The highest BCUT2D eigenvalue weighted by Crippen LogP contribution is 2.16. The summed E-state index contributed by atoms with van der Waals surface area (Å²) in [5, 5.41) is 7.48. The molecule has 2 aliphatic rings. The highest BCUT2D eigenvalue weighted by Gasteiger charge is 2.27. The standard InChI is InChI=1S/C18H31N7O2/c1-3-19-18(20-5-4-6-23-9-11-27-12-10-23)24-7-8-25(17(26)15-24)16-13-21-22(2)14-16/h13-14H,3-12,15H2,1-2H3,(H,19,20). The number of aliphatic imine (C=N–C) groups is 1. The second-order valence-corrected chi connectivity index (χ2v) is 6.88. The van der Waals surface area contributed by atoms with Crippen molar-refractivity contribution < 1.29 is 9.53 Å². The zero-order valence-electron chi connectivity index (χ0n) is 16.4. The Morgan fingerprint density at radius 1 is 1.30 bits per heavy atom. The summed E-state index contributed by atoms with van der Waals surface area (Å²) in [6, 6.07) is 0. The Morgan fingerprint density at radius 2 is 2.11 bits per heavy atom. The molecule has 3 heterocycles. The lowest BCUT2D eigenvalue weighted by atomic mass is 10.3. The fraction of sp³-hybridized carbons (Fsp3) is 0.722. The van der Waals surface area contributed by atoms with Gasteiger partial charge in [0.2, 0.25) is 5.91 Å². The molecule has 1 aromatic rings. The summed E-state index contributed by atoms with van der Waals surface area (Å²) in [7, 11) is 1.86. The SMILES string of the molecule is CCNC(=NCCCN1CCOCC1)N1CCN(c2cnn(C)c2)C(=O)C1. The number of nitrogens with zero attached hydrogens (tertiary/aromatic N) is 6. The summed E-state index contributed by atoms with van der Waals surface area (Å²) >= 11 is 0. The molecule has 150 valence electrons. The zero-order chi connectivity index (χ0) is 19.1. The quantitative estimate of drug-likeness (QED) is 0.419. The minimum Gasteiger partial charge on any atom is -0.379 e. The molecule has 0 aromatic carbocycles. The molecule has 0 unspecified atom stereocenters. The normalized spacial score (nSPS) is 19.6. The van der Waals surface area contributed by atoms with E-state index in [9.17, 15) is 4.79 Å². The molecule has 1 amide bonds. The van der Waals surface area contributed by atoms with Crippen molar-refractivity contribution in [3.05, 3.63) is 12.4 Å². The average molecular weight is 377 g/mol. The van der Waals surface area contributed by atoms with Crippen LogP contribution < -0.4 is 10.2 Å². The molecule has 0 radical (unpaired) electrons. The zero-order valence-corrected chi connectivity index (χ0v) is 16.4. The van der Waals surface area contributed by atoms with E-state index in [4.69, 9.17) is 9.73 Å². The Bertz CT molecular complexity index is 639. The third-order valence-corrected chi connectivity index (χ3v) is 4.86. The van der Waals surface area contributed by atoms with Crippen LogP contribution in [0.3, 0.4) is 0 Å². The van der Waals surface area contributed by atoms with Crippen LogP contribution in [0, 0.1) is 0 Å². The third-order valence-electron chi connectivity index (χ3n) is 4.86. The highest BCUT2D eigenvalue weighted by atomic mass is 16.5. The van der Waals surface area contributed by atoms with Gasteiger partial charge >= 0.3 is 0 Å². The third kappa shape index (κ3) is 5.43. The Labute approximate surface area is 161 Å². The Morgan fingerprint density at radius 3 is 2.78 bits per heavy atom. The molecule has 1 N–H and O–H groups in total.